The Morgan fingerprint density at radius 3 is 1.94 bits per heavy atom. The number of carboxylic acids is 1. The van der Waals surface area contributed by atoms with Gasteiger partial charge >= 0.3 is 12.1 Å². The number of hydrogen-bond donors (Lipinski definition) is 1. The highest BCUT2D eigenvalue weighted by molar-refractivity contribution is 6.30. The summed E-state index contributed by atoms with van der Waals surface area (Å²) in [4.78, 5) is 12.0. The van der Waals surface area contributed by atoms with Crippen LogP contribution in [0.15, 0.2) is 72.8 Å². The minimum absolute atomic E-state index is 0.208. The fourth-order valence-corrected chi connectivity index (χ4v) is 3.16. The van der Waals surface area contributed by atoms with Crippen molar-refractivity contribution >= 4 is 17.6 Å². The first-order chi connectivity index (χ1) is 16.1. The van der Waals surface area contributed by atoms with Gasteiger partial charge in [0.1, 0.15) is 17.2 Å². The maximum atomic E-state index is 13.0. The normalized spacial score (nSPS) is 13.1. The Bertz CT molecular complexity index is 1100. The number of carboxylic acid groups (broad SMARTS) is 1. The Kier molecular flexibility index (Phi) is 7.94. The fourth-order valence-electron chi connectivity index (χ4n) is 3.04. The van der Waals surface area contributed by atoms with Crippen LogP contribution in [0.3, 0.4) is 0 Å². The van der Waals surface area contributed by atoms with Crippen LogP contribution in [-0.2, 0) is 16.6 Å². The van der Waals surface area contributed by atoms with Crippen molar-refractivity contribution in [1.82, 2.24) is 0 Å². The van der Waals surface area contributed by atoms with Crippen LogP contribution in [0.2, 0.25) is 5.02 Å². The first kappa shape index (κ1) is 25.2. The van der Waals surface area contributed by atoms with Crippen LogP contribution in [-0.4, -0.2) is 24.3 Å². The summed E-state index contributed by atoms with van der Waals surface area (Å²) in [7, 11) is 0. The van der Waals surface area contributed by atoms with E-state index in [0.29, 0.717) is 36.2 Å². The van der Waals surface area contributed by atoms with E-state index in [9.17, 15) is 23.1 Å². The van der Waals surface area contributed by atoms with Gasteiger partial charge in [-0.1, -0.05) is 29.8 Å². The summed E-state index contributed by atoms with van der Waals surface area (Å²) >= 11 is 5.83. The van der Waals surface area contributed by atoms with Gasteiger partial charge in [-0.15, -0.1) is 0 Å². The van der Waals surface area contributed by atoms with E-state index in [0.717, 1.165) is 18.2 Å². The van der Waals surface area contributed by atoms with Gasteiger partial charge in [-0.3, -0.25) is 0 Å². The Hall–Kier alpha value is -3.39. The van der Waals surface area contributed by atoms with Crippen LogP contribution in [0.25, 0.3) is 0 Å². The molecule has 0 aliphatic carbocycles. The molecule has 1 unspecified atom stereocenters. The molecule has 0 saturated carbocycles. The standard InChI is InChI=1S/C25H22ClF3O5/c1-24(23(30)31,34-22-5-2-4-18(16-22)25(27,28)29)17-6-10-20(11-7-17)32-14-3-15-33-21-12-8-19(26)9-13-21/h2,4-13,16H,3,14-15H2,1H3,(H,30,31). The second-order valence-corrected chi connectivity index (χ2v) is 7.93. The molecule has 0 bridgehead atoms. The van der Waals surface area contributed by atoms with E-state index in [2.05, 4.69) is 0 Å². The van der Waals surface area contributed by atoms with E-state index in [1.807, 2.05) is 0 Å². The third-order valence-electron chi connectivity index (χ3n) is 4.94. The summed E-state index contributed by atoms with van der Waals surface area (Å²) in [6.07, 6.45) is -3.96. The number of benzene rings is 3. The fraction of sp³-hybridized carbons (Fsp3) is 0.240. The summed E-state index contributed by atoms with van der Waals surface area (Å²) in [5, 5.41) is 10.4. The second kappa shape index (κ2) is 10.7. The average molecular weight is 495 g/mol. The molecule has 3 aromatic carbocycles. The molecular weight excluding hydrogens is 473 g/mol. The van der Waals surface area contributed by atoms with Crippen LogP contribution < -0.4 is 14.2 Å². The van der Waals surface area contributed by atoms with E-state index in [1.54, 1.807) is 36.4 Å². The molecule has 0 aliphatic heterocycles. The molecule has 1 N–H and O–H groups in total. The van der Waals surface area contributed by atoms with Gasteiger partial charge in [-0.2, -0.15) is 13.2 Å². The predicted molar refractivity (Wildman–Crippen MR) is 121 cm³/mol. The van der Waals surface area contributed by atoms with Crippen molar-refractivity contribution in [3.63, 3.8) is 0 Å². The minimum Gasteiger partial charge on any atom is -0.493 e. The lowest BCUT2D eigenvalue weighted by molar-refractivity contribution is -0.154. The van der Waals surface area contributed by atoms with Crippen molar-refractivity contribution in [3.8, 4) is 17.2 Å². The highest BCUT2D eigenvalue weighted by Crippen LogP contribution is 2.34. The van der Waals surface area contributed by atoms with E-state index < -0.39 is 23.3 Å². The van der Waals surface area contributed by atoms with Crippen molar-refractivity contribution < 1.29 is 37.3 Å². The molecule has 0 saturated heterocycles. The molecule has 180 valence electrons. The van der Waals surface area contributed by atoms with Gasteiger partial charge in [0.15, 0.2) is 0 Å². The zero-order valence-corrected chi connectivity index (χ0v) is 18.9. The number of ether oxygens (including phenoxy) is 3. The summed E-state index contributed by atoms with van der Waals surface area (Å²) in [5.41, 5.74) is -2.59. The summed E-state index contributed by atoms with van der Waals surface area (Å²) in [6, 6.07) is 17.2. The first-order valence-corrected chi connectivity index (χ1v) is 10.7. The van der Waals surface area contributed by atoms with Crippen LogP contribution in [0.4, 0.5) is 13.2 Å². The van der Waals surface area contributed by atoms with Gasteiger partial charge in [0.2, 0.25) is 5.60 Å². The van der Waals surface area contributed by atoms with Crippen molar-refractivity contribution in [1.29, 1.82) is 0 Å². The quantitative estimate of drug-likeness (QED) is 0.322. The lowest BCUT2D eigenvalue weighted by Crippen LogP contribution is -2.38. The molecule has 0 radical (unpaired) electrons. The molecule has 3 rings (SSSR count). The van der Waals surface area contributed by atoms with Crippen molar-refractivity contribution in [2.24, 2.45) is 0 Å². The third-order valence-corrected chi connectivity index (χ3v) is 5.19. The zero-order valence-electron chi connectivity index (χ0n) is 18.1. The van der Waals surface area contributed by atoms with E-state index in [4.69, 9.17) is 25.8 Å². The highest BCUT2D eigenvalue weighted by atomic mass is 35.5. The van der Waals surface area contributed by atoms with E-state index >= 15 is 0 Å². The molecule has 0 fully saturated rings. The van der Waals surface area contributed by atoms with Crippen LogP contribution in [0, 0.1) is 0 Å². The second-order valence-electron chi connectivity index (χ2n) is 7.49. The summed E-state index contributed by atoms with van der Waals surface area (Å²) < 4.78 is 55.7. The molecule has 0 aliphatic rings. The average Bonchev–Trinajstić information content (AvgIpc) is 2.80. The maximum absolute atomic E-state index is 13.0. The third kappa shape index (κ3) is 6.57. The van der Waals surface area contributed by atoms with Gasteiger partial charge in [-0.05, 0) is 61.5 Å². The number of alkyl halides is 3. The number of halogens is 4. The van der Waals surface area contributed by atoms with Gasteiger partial charge in [0.25, 0.3) is 0 Å². The Labute approximate surface area is 199 Å². The largest absolute Gasteiger partial charge is 0.493 e. The molecule has 1 atom stereocenters. The minimum atomic E-state index is -4.57. The SMILES string of the molecule is CC(Oc1cccc(C(F)(F)F)c1)(C(=O)O)c1ccc(OCCCOc2ccc(Cl)cc2)cc1. The number of aliphatic carboxylic acids is 1. The van der Waals surface area contributed by atoms with Crippen molar-refractivity contribution in [3.05, 3.63) is 88.9 Å². The molecule has 34 heavy (non-hydrogen) atoms. The molecule has 0 spiro atoms. The lowest BCUT2D eigenvalue weighted by atomic mass is 9.95. The first-order valence-electron chi connectivity index (χ1n) is 10.3. The van der Waals surface area contributed by atoms with Gasteiger partial charge < -0.3 is 19.3 Å². The molecule has 0 amide bonds. The van der Waals surface area contributed by atoms with Gasteiger partial charge in [-0.25, -0.2) is 4.79 Å². The summed E-state index contributed by atoms with van der Waals surface area (Å²) in [6.45, 7) is 2.07. The van der Waals surface area contributed by atoms with Crippen LogP contribution >= 0.6 is 11.6 Å². The summed E-state index contributed by atoms with van der Waals surface area (Å²) in [5.74, 6) is -0.358. The molecular formula is C25H22ClF3O5. The molecule has 9 heteroatoms. The topological polar surface area (TPSA) is 65.0 Å². The van der Waals surface area contributed by atoms with Crippen molar-refractivity contribution in [2.75, 3.05) is 13.2 Å². The van der Waals surface area contributed by atoms with Crippen molar-refractivity contribution in [2.45, 2.75) is 25.1 Å². The number of rotatable bonds is 10. The maximum Gasteiger partial charge on any atom is 0.416 e. The Morgan fingerprint density at radius 1 is 0.853 bits per heavy atom. The van der Waals surface area contributed by atoms with E-state index in [-0.39, 0.29) is 11.3 Å². The molecule has 0 aromatic heterocycles. The highest BCUT2D eigenvalue weighted by Gasteiger charge is 2.39. The molecule has 5 nitrogen and oxygen atoms in total. The molecule has 3 aromatic rings. The number of carbonyl (C=O) groups is 1. The predicted octanol–water partition coefficient (Wildman–Crippen LogP) is 6.59. The Balaban J connectivity index is 1.59. The van der Waals surface area contributed by atoms with Crippen LogP contribution in [0.1, 0.15) is 24.5 Å². The van der Waals surface area contributed by atoms with Gasteiger partial charge in [0.05, 0.1) is 18.8 Å². The smallest absolute Gasteiger partial charge is 0.416 e. The van der Waals surface area contributed by atoms with Gasteiger partial charge in [0, 0.05) is 17.0 Å². The monoisotopic (exact) mass is 494 g/mol. The number of hydrogen-bond acceptors (Lipinski definition) is 4. The van der Waals surface area contributed by atoms with Crippen LogP contribution in [0.5, 0.6) is 17.2 Å². The molecule has 0 heterocycles. The Morgan fingerprint density at radius 2 is 1.41 bits per heavy atom. The van der Waals surface area contributed by atoms with E-state index in [1.165, 1.54) is 25.1 Å². The lowest BCUT2D eigenvalue weighted by Gasteiger charge is -2.27. The zero-order chi connectivity index (χ0) is 24.8.